The Morgan fingerprint density at radius 1 is 0.556 bits per heavy atom. The van der Waals surface area contributed by atoms with E-state index in [4.69, 9.17) is 9.97 Å². The summed E-state index contributed by atoms with van der Waals surface area (Å²) in [5, 5.41) is 3.70. The first-order chi connectivity index (χ1) is 22.2. The highest BCUT2D eigenvalue weighted by atomic mass is 32.1. The molecule has 0 aliphatic rings. The number of benzene rings is 6. The van der Waals surface area contributed by atoms with Crippen LogP contribution < -0.4 is 0 Å². The molecule has 0 N–H and O–H groups in total. The van der Waals surface area contributed by atoms with Crippen LogP contribution in [-0.4, -0.2) is 14.5 Å². The van der Waals surface area contributed by atoms with Gasteiger partial charge in [0.05, 0.1) is 26.9 Å². The summed E-state index contributed by atoms with van der Waals surface area (Å²) in [6.07, 6.45) is 0. The summed E-state index contributed by atoms with van der Waals surface area (Å²) in [6.45, 7) is 2.12. The van der Waals surface area contributed by atoms with Gasteiger partial charge in [-0.2, -0.15) is 0 Å². The highest BCUT2D eigenvalue weighted by molar-refractivity contribution is 7.26. The number of fused-ring (bicyclic) bond motifs is 6. The molecule has 3 heterocycles. The van der Waals surface area contributed by atoms with Crippen molar-refractivity contribution in [2.24, 2.45) is 0 Å². The lowest BCUT2D eigenvalue weighted by molar-refractivity contribution is 1.18. The summed E-state index contributed by atoms with van der Waals surface area (Å²) in [4.78, 5) is 10.4. The van der Waals surface area contributed by atoms with Crippen molar-refractivity contribution in [2.75, 3.05) is 0 Å². The molecular formula is C41H27N3S. The van der Waals surface area contributed by atoms with E-state index in [0.29, 0.717) is 0 Å². The van der Waals surface area contributed by atoms with Crippen molar-refractivity contribution in [1.29, 1.82) is 0 Å². The van der Waals surface area contributed by atoms with Crippen molar-refractivity contribution in [3.05, 3.63) is 151 Å². The van der Waals surface area contributed by atoms with Crippen LogP contribution in [0.25, 0.3) is 81.6 Å². The molecule has 0 aliphatic heterocycles. The quantitative estimate of drug-likeness (QED) is 0.203. The highest BCUT2D eigenvalue weighted by Gasteiger charge is 2.20. The summed E-state index contributed by atoms with van der Waals surface area (Å²) in [5.41, 5.74) is 11.2. The summed E-state index contributed by atoms with van der Waals surface area (Å²) >= 11 is 1.78. The van der Waals surface area contributed by atoms with Crippen molar-refractivity contribution < 1.29 is 0 Å². The fourth-order valence-corrected chi connectivity index (χ4v) is 7.74. The summed E-state index contributed by atoms with van der Waals surface area (Å²) < 4.78 is 4.70. The minimum Gasteiger partial charge on any atom is -0.309 e. The van der Waals surface area contributed by atoms with Crippen LogP contribution in [0.2, 0.25) is 0 Å². The third-order valence-corrected chi connectivity index (χ3v) is 9.84. The standard InChI is InChI=1S/C41H27N3S/c1-26-21-23-27(24-22-26)38-40-39(43-41(42-38)28-11-3-2-4-12-28)37-31(17-10-20-36(37)45-40)29-13-9-14-30(25-29)44-34-18-7-5-15-32(34)33-16-6-8-19-35(33)44/h2-25H,1H3. The maximum Gasteiger partial charge on any atom is 0.160 e. The molecule has 3 aromatic heterocycles. The number of aromatic nitrogens is 3. The van der Waals surface area contributed by atoms with Crippen molar-refractivity contribution in [2.45, 2.75) is 6.92 Å². The smallest absolute Gasteiger partial charge is 0.160 e. The van der Waals surface area contributed by atoms with Gasteiger partial charge in [0.25, 0.3) is 0 Å². The van der Waals surface area contributed by atoms with Crippen molar-refractivity contribution in [3.8, 4) is 39.5 Å². The van der Waals surface area contributed by atoms with Gasteiger partial charge in [-0.3, -0.25) is 0 Å². The molecule has 0 spiro atoms. The average molecular weight is 594 g/mol. The van der Waals surface area contributed by atoms with E-state index >= 15 is 0 Å². The van der Waals surface area contributed by atoms with Crippen molar-refractivity contribution in [1.82, 2.24) is 14.5 Å². The average Bonchev–Trinajstić information content (AvgIpc) is 3.65. The van der Waals surface area contributed by atoms with Crippen LogP contribution in [0.4, 0.5) is 0 Å². The summed E-state index contributed by atoms with van der Waals surface area (Å²) in [5.74, 6) is 0.743. The first kappa shape index (κ1) is 25.9. The van der Waals surface area contributed by atoms with Gasteiger partial charge in [0.15, 0.2) is 5.82 Å². The number of hydrogen-bond donors (Lipinski definition) is 0. The van der Waals surface area contributed by atoms with E-state index in [1.165, 1.54) is 43.0 Å². The molecule has 0 bridgehead atoms. The van der Waals surface area contributed by atoms with Gasteiger partial charge in [0.1, 0.15) is 0 Å². The molecule has 212 valence electrons. The zero-order valence-corrected chi connectivity index (χ0v) is 25.4. The van der Waals surface area contributed by atoms with E-state index in [2.05, 4.69) is 139 Å². The molecule has 0 saturated carbocycles. The van der Waals surface area contributed by atoms with E-state index in [0.717, 1.165) is 44.1 Å². The van der Waals surface area contributed by atoms with Gasteiger partial charge in [-0.05, 0) is 48.4 Å². The Bertz CT molecular complexity index is 2490. The van der Waals surface area contributed by atoms with Crippen LogP contribution in [0.1, 0.15) is 5.56 Å². The number of aryl methyl sites for hydroxylation is 1. The zero-order valence-electron chi connectivity index (χ0n) is 24.6. The predicted octanol–water partition coefficient (Wildman–Crippen LogP) is 11.3. The normalized spacial score (nSPS) is 11.7. The predicted molar refractivity (Wildman–Crippen MR) is 190 cm³/mol. The molecule has 0 fully saturated rings. The second-order valence-corrected chi connectivity index (χ2v) is 12.6. The molecule has 0 atom stereocenters. The fourth-order valence-electron chi connectivity index (χ4n) is 6.56. The zero-order chi connectivity index (χ0) is 29.9. The lowest BCUT2D eigenvalue weighted by atomic mass is 10.00. The van der Waals surface area contributed by atoms with Crippen molar-refractivity contribution >= 4 is 53.4 Å². The van der Waals surface area contributed by atoms with E-state index in [1.807, 2.05) is 18.2 Å². The Hall–Kier alpha value is -5.58. The highest BCUT2D eigenvalue weighted by Crippen LogP contribution is 2.44. The van der Waals surface area contributed by atoms with Crippen LogP contribution >= 0.6 is 11.3 Å². The van der Waals surface area contributed by atoms with Crippen LogP contribution in [-0.2, 0) is 0 Å². The molecule has 9 aromatic rings. The Balaban J connectivity index is 1.31. The molecule has 0 unspecified atom stereocenters. The third-order valence-electron chi connectivity index (χ3n) is 8.69. The van der Waals surface area contributed by atoms with Gasteiger partial charge in [0, 0.05) is 37.7 Å². The Kier molecular flexibility index (Phi) is 5.90. The Morgan fingerprint density at radius 3 is 1.98 bits per heavy atom. The first-order valence-corrected chi connectivity index (χ1v) is 16.0. The molecule has 0 amide bonds. The number of rotatable bonds is 4. The van der Waals surface area contributed by atoms with Crippen molar-refractivity contribution in [3.63, 3.8) is 0 Å². The molecule has 9 rings (SSSR count). The van der Waals surface area contributed by atoms with Gasteiger partial charge < -0.3 is 4.57 Å². The van der Waals surface area contributed by atoms with Crippen LogP contribution in [0.5, 0.6) is 0 Å². The molecule has 3 nitrogen and oxygen atoms in total. The third kappa shape index (κ3) is 4.18. The maximum absolute atomic E-state index is 5.27. The largest absolute Gasteiger partial charge is 0.309 e. The molecule has 0 aliphatic carbocycles. The second-order valence-electron chi connectivity index (χ2n) is 11.5. The topological polar surface area (TPSA) is 30.7 Å². The maximum atomic E-state index is 5.27. The lowest BCUT2D eigenvalue weighted by Crippen LogP contribution is -1.95. The molecule has 45 heavy (non-hydrogen) atoms. The number of thiophene rings is 1. The van der Waals surface area contributed by atoms with Gasteiger partial charge in [-0.1, -0.05) is 121 Å². The number of nitrogens with zero attached hydrogens (tertiary/aromatic N) is 3. The molecule has 0 saturated heterocycles. The number of para-hydroxylation sites is 2. The van der Waals surface area contributed by atoms with E-state index in [1.54, 1.807) is 11.3 Å². The molecular weight excluding hydrogens is 567 g/mol. The molecule has 6 aromatic carbocycles. The Morgan fingerprint density at radius 2 is 1.22 bits per heavy atom. The lowest BCUT2D eigenvalue weighted by Gasteiger charge is -2.11. The molecule has 0 radical (unpaired) electrons. The van der Waals surface area contributed by atoms with E-state index in [9.17, 15) is 0 Å². The fraction of sp³-hybridized carbons (Fsp3) is 0.0244. The van der Waals surface area contributed by atoms with E-state index in [-0.39, 0.29) is 0 Å². The van der Waals surface area contributed by atoms with Crippen LogP contribution in [0, 0.1) is 6.92 Å². The van der Waals surface area contributed by atoms with Gasteiger partial charge >= 0.3 is 0 Å². The SMILES string of the molecule is Cc1ccc(-c2nc(-c3ccccc3)nc3c2sc2cccc(-c4cccc(-n5c6ccccc6c6ccccc65)c4)c23)cc1. The minimum atomic E-state index is 0.743. The van der Waals surface area contributed by atoms with Gasteiger partial charge in [-0.15, -0.1) is 11.3 Å². The van der Waals surface area contributed by atoms with Gasteiger partial charge in [0.2, 0.25) is 0 Å². The van der Waals surface area contributed by atoms with Crippen LogP contribution in [0.3, 0.4) is 0 Å². The van der Waals surface area contributed by atoms with E-state index < -0.39 is 0 Å². The summed E-state index contributed by atoms with van der Waals surface area (Å²) in [6, 6.07) is 51.8. The van der Waals surface area contributed by atoms with Crippen LogP contribution in [0.15, 0.2) is 146 Å². The molecule has 4 heteroatoms. The monoisotopic (exact) mass is 593 g/mol. The minimum absolute atomic E-state index is 0.743. The summed E-state index contributed by atoms with van der Waals surface area (Å²) in [7, 11) is 0. The Labute approximate surface area is 264 Å². The van der Waals surface area contributed by atoms with Gasteiger partial charge in [-0.25, -0.2) is 9.97 Å². The number of hydrogen-bond acceptors (Lipinski definition) is 3. The second kappa shape index (κ2) is 10.3. The first-order valence-electron chi connectivity index (χ1n) is 15.2.